The summed E-state index contributed by atoms with van der Waals surface area (Å²) in [6, 6.07) is 126. The number of aryl methyl sites for hydroxylation is 4. The molecule has 696 valence electrons. The van der Waals surface area contributed by atoms with Crippen LogP contribution in [0.1, 0.15) is 71.2 Å². The van der Waals surface area contributed by atoms with E-state index in [-0.39, 0.29) is 115 Å². The number of aromatic nitrogens is 7. The van der Waals surface area contributed by atoms with Crippen LogP contribution >= 0.6 is 0 Å². The molecule has 8 aromatic heterocycles. The third-order valence-electron chi connectivity index (χ3n) is 22.1. The van der Waals surface area contributed by atoms with E-state index in [1.54, 1.807) is 18.2 Å². The van der Waals surface area contributed by atoms with E-state index in [0.29, 0.717) is 0 Å². The second-order valence-electron chi connectivity index (χ2n) is 32.0. The Labute approximate surface area is 858 Å². The van der Waals surface area contributed by atoms with Crippen LogP contribution in [0.4, 0.5) is 0 Å². The zero-order valence-electron chi connectivity index (χ0n) is 76.7. The van der Waals surface area contributed by atoms with Gasteiger partial charge in [-0.05, 0) is 221 Å². The van der Waals surface area contributed by atoms with Crippen LogP contribution in [-0.4, -0.2) is 88.4 Å². The molecule has 0 aliphatic carbocycles. The van der Waals surface area contributed by atoms with Crippen LogP contribution in [0, 0.1) is 52.0 Å². The predicted molar refractivity (Wildman–Crippen MR) is 549 cm³/mol. The van der Waals surface area contributed by atoms with Gasteiger partial charge in [0.2, 0.25) is 0 Å². The van der Waals surface area contributed by atoms with Gasteiger partial charge >= 0.3 is 23.5 Å². The smallest absolute Gasteiger partial charge is 0.354 e. The molecule has 4 radical (unpaired) electrons. The fourth-order valence-corrected chi connectivity index (χ4v) is 16.1. The average Bonchev–Trinajstić information content (AvgIpc) is 1.67. The van der Waals surface area contributed by atoms with Gasteiger partial charge in [-0.1, -0.05) is 212 Å². The number of aliphatic hydroxyl groups is 2. The number of aromatic carboxylic acids is 2. The van der Waals surface area contributed by atoms with Gasteiger partial charge in [-0.2, -0.15) is 0 Å². The molecule has 0 atom stereocenters. The third-order valence-corrected chi connectivity index (χ3v) is 22.1. The number of hydrogen-bond acceptors (Lipinski definition) is 12. The van der Waals surface area contributed by atoms with Crippen molar-refractivity contribution < 1.29 is 124 Å². The fourth-order valence-electron chi connectivity index (χ4n) is 16.1. The molecule has 0 bridgehead atoms. The number of fused-ring (bicyclic) bond motifs is 15. The largest absolute Gasteiger partial charge is 0.512 e. The van der Waals surface area contributed by atoms with Crippen molar-refractivity contribution in [2.45, 2.75) is 55.4 Å². The first kappa shape index (κ1) is 104. The number of carboxylic acids is 2. The Morgan fingerprint density at radius 1 is 0.309 bits per heavy atom. The molecule has 139 heavy (non-hydrogen) atoms. The number of rotatable bonds is 10. The number of nitrogens with zero attached hydrogens (tertiary/aromatic N) is 7. The molecule has 0 spiro atoms. The number of aliphatic hydroxyl groups excluding tert-OH is 2. The Balaban J connectivity index is 0.000000160. The first-order chi connectivity index (χ1) is 65.6. The number of benzene rings is 14. The Morgan fingerprint density at radius 3 is 1.09 bits per heavy atom. The number of carbonyl (C=O) groups excluding carboxylic acids is 2. The fraction of sp³-hybridized carbons (Fsp3) is 0.0672. The van der Waals surface area contributed by atoms with Crippen molar-refractivity contribution in [1.82, 2.24) is 34.9 Å². The monoisotopic (exact) mass is 2540 g/mol. The summed E-state index contributed by atoms with van der Waals surface area (Å²) < 4.78 is 6.23. The van der Waals surface area contributed by atoms with Crippen molar-refractivity contribution in [3.05, 3.63) is 453 Å². The molecule has 0 aliphatic heterocycles. The van der Waals surface area contributed by atoms with Crippen LogP contribution in [0.15, 0.2) is 399 Å². The second-order valence-corrected chi connectivity index (χ2v) is 32.0. The molecule has 20 heteroatoms. The number of allylic oxidation sites excluding steroid dienone is 4. The van der Waals surface area contributed by atoms with Crippen LogP contribution in [0.2, 0.25) is 0 Å². The summed E-state index contributed by atoms with van der Waals surface area (Å²) in [5.74, 6) is -1.47. The molecular formula is C119H93Ir4N7O9-2. The van der Waals surface area contributed by atoms with E-state index in [1.807, 2.05) is 106 Å². The van der Waals surface area contributed by atoms with Crippen LogP contribution in [0.25, 0.3) is 175 Å². The molecule has 0 saturated heterocycles. The Hall–Kier alpha value is -15.0. The van der Waals surface area contributed by atoms with Crippen molar-refractivity contribution in [2.75, 3.05) is 0 Å². The minimum absolute atomic E-state index is 0. The maximum absolute atomic E-state index is 10.3. The standard InChI is InChI=1S/C31H18NO.C26H19N2.C20H14N.C19H12N.C7H7NO2.C6H5NO2.2C5H8O2.4Ir/c1-2-7-23-20(6-1)16-17-27-25(23)18-19-32-30(27)22-14-12-21(13-15-22)24-9-5-10-28-26-8-3-4-11-29(26)33-31(24)28;1-17-7-13-22(18(2)28-17)20-8-10-21(11-9-20)26-25-14-12-19-5-3-4-6-23(19)24(25)15-16-27-26;1-14-5-4-7-16(13-14)20-19-10-9-15-6-2-3-8-17(15)18(19)11-12-21-20;1-2-7-15(8-3-1)19-18-11-10-14-6-4-5-9-16(14)17(18)12-13-20-19;1-5-2-3-8-6(4-5)7(9)10;8-6(9)5-3-1-2-4-7-5;2*1-4(6)3-5(2)7;;;;/h1-14,16-19H;3-10,12-16H,1-2H3;2-6,8-13H,1H3;1-7,9-13H;2-4H,1H3,(H,9,10);1-4H,(H,8,9);2*3,6H,1-2H3;;;;/q4*-1;;;;;;;;/p+2. The quantitative estimate of drug-likeness (QED) is 0.0326. The number of para-hydroxylation sites is 2. The molecule has 0 amide bonds. The van der Waals surface area contributed by atoms with Crippen molar-refractivity contribution in [3.63, 3.8) is 0 Å². The number of hydrogen-bond donors (Lipinski definition) is 4. The van der Waals surface area contributed by atoms with Gasteiger partial charge in [0.1, 0.15) is 22.6 Å². The molecule has 0 aliphatic rings. The third kappa shape index (κ3) is 26.0. The van der Waals surface area contributed by atoms with Gasteiger partial charge in [-0.15, -0.1) is 131 Å². The van der Waals surface area contributed by atoms with Gasteiger partial charge < -0.3 is 44.8 Å². The Bertz CT molecular complexity index is 8150. The minimum Gasteiger partial charge on any atom is -0.512 e. The van der Waals surface area contributed by atoms with Gasteiger partial charge in [-0.3, -0.25) is 14.6 Å². The van der Waals surface area contributed by atoms with Crippen LogP contribution in [0.5, 0.6) is 0 Å². The summed E-state index contributed by atoms with van der Waals surface area (Å²) >= 11 is 0. The topological polar surface area (TPSA) is 261 Å². The maximum atomic E-state index is 10.3. The Morgan fingerprint density at radius 2 is 0.705 bits per heavy atom. The van der Waals surface area contributed by atoms with E-state index in [9.17, 15) is 9.59 Å². The summed E-state index contributed by atoms with van der Waals surface area (Å²) in [4.78, 5) is 67.6. The predicted octanol–water partition coefficient (Wildman–Crippen LogP) is 28.9. The van der Waals surface area contributed by atoms with Crippen molar-refractivity contribution in [3.8, 4) is 67.3 Å². The number of pyridine rings is 7. The van der Waals surface area contributed by atoms with Crippen LogP contribution in [-0.2, 0) is 80.4 Å². The van der Waals surface area contributed by atoms with E-state index >= 15 is 0 Å². The van der Waals surface area contributed by atoms with Gasteiger partial charge in [0.05, 0.1) is 37.5 Å². The number of furan rings is 1. The zero-order valence-corrected chi connectivity index (χ0v) is 86.3. The maximum Gasteiger partial charge on any atom is 0.354 e. The van der Waals surface area contributed by atoms with E-state index in [2.05, 4.69) is 304 Å². The SMILES string of the molecule is CC(=[OH+])C=C(C)O.CC(=[OH+])C=C(C)O.Cc1cc[c-]c(-c2nccc3c2ccc2ccccc23)c1.Cc1ccc(-c2c[c-]c(-c3nccc4c3ccc3ccccc34)cc2)c(C)n1.Cc1ccnc(C(=O)O)c1.O=C(O)c1ccccn1.[Ir].[Ir].[Ir].[Ir].[c-]1cc(-c2cccc3c2oc2ccccc23)ccc1-c1nccc2c1ccc1ccccc12.[c-]1ccccc1-c1nccc2c1ccc1ccccc12. The van der Waals surface area contributed by atoms with Crippen LogP contribution < -0.4 is 0 Å². The van der Waals surface area contributed by atoms with E-state index in [0.717, 1.165) is 117 Å². The molecular weight excluding hydrogens is 2440 g/mol. The summed E-state index contributed by atoms with van der Waals surface area (Å²) in [5.41, 5.74) is 18.6. The van der Waals surface area contributed by atoms with E-state index in [1.165, 1.54) is 145 Å². The number of carbonyl (C=O) groups is 2. The second kappa shape index (κ2) is 49.6. The molecule has 22 rings (SSSR count). The van der Waals surface area contributed by atoms with Gasteiger partial charge in [0.25, 0.3) is 0 Å². The van der Waals surface area contributed by atoms with E-state index in [4.69, 9.17) is 39.4 Å². The summed E-state index contributed by atoms with van der Waals surface area (Å²) in [6.07, 6.45) is 13.0. The minimum atomic E-state index is -0.990. The van der Waals surface area contributed by atoms with Gasteiger partial charge in [0, 0.05) is 140 Å². The zero-order chi connectivity index (χ0) is 94.4. The van der Waals surface area contributed by atoms with Crippen molar-refractivity contribution in [2.24, 2.45) is 0 Å². The number of ketones is 2. The Kier molecular flexibility index (Phi) is 37.3. The molecule has 6 N–H and O–H groups in total. The van der Waals surface area contributed by atoms with Crippen LogP contribution in [0.3, 0.4) is 0 Å². The summed E-state index contributed by atoms with van der Waals surface area (Å²) in [6.45, 7) is 14.0. The summed E-state index contributed by atoms with van der Waals surface area (Å²) in [5, 5.41) is 55.4. The molecule has 16 nitrogen and oxygen atoms in total. The van der Waals surface area contributed by atoms with E-state index < -0.39 is 11.9 Å². The molecule has 8 heterocycles. The molecule has 22 aromatic rings. The van der Waals surface area contributed by atoms with Crippen molar-refractivity contribution in [1.29, 1.82) is 0 Å². The van der Waals surface area contributed by atoms with Gasteiger partial charge in [0.15, 0.2) is 0 Å². The molecule has 0 fully saturated rings. The molecule has 0 unspecified atom stereocenters. The molecule has 14 aromatic carbocycles. The normalized spacial score (nSPS) is 10.7. The van der Waals surface area contributed by atoms with Crippen molar-refractivity contribution >= 4 is 132 Å². The van der Waals surface area contributed by atoms with Gasteiger partial charge in [-0.25, -0.2) is 19.6 Å². The number of carboxylic acid groups (broad SMARTS) is 2. The average molecular weight is 2530 g/mol. The first-order valence-corrected chi connectivity index (χ1v) is 43.6. The summed E-state index contributed by atoms with van der Waals surface area (Å²) in [7, 11) is 0. The first-order valence-electron chi connectivity index (χ1n) is 43.6. The molecule has 0 saturated carbocycles.